The molecule has 0 spiro atoms. The van der Waals surface area contributed by atoms with Gasteiger partial charge in [0.05, 0.1) is 19.8 Å². The first-order valence-electron chi connectivity index (χ1n) is 10.0. The summed E-state index contributed by atoms with van der Waals surface area (Å²) in [6.07, 6.45) is 9.25. The lowest BCUT2D eigenvalue weighted by Crippen LogP contribution is -2.18. The fourth-order valence-electron chi connectivity index (χ4n) is 3.39. The molecule has 3 heterocycles. The molecule has 0 amide bonds. The van der Waals surface area contributed by atoms with Crippen molar-refractivity contribution < 1.29 is 14.2 Å². The summed E-state index contributed by atoms with van der Waals surface area (Å²) in [6, 6.07) is 0.804. The molecule has 2 aromatic rings. The van der Waals surface area contributed by atoms with Gasteiger partial charge in [-0.3, -0.25) is 4.57 Å². The summed E-state index contributed by atoms with van der Waals surface area (Å²) in [5.74, 6) is 0.319. The van der Waals surface area contributed by atoms with Crippen molar-refractivity contribution in [2.24, 2.45) is 0 Å². The van der Waals surface area contributed by atoms with Gasteiger partial charge < -0.3 is 19.9 Å². The summed E-state index contributed by atoms with van der Waals surface area (Å²) >= 11 is 0. The molecule has 0 aromatic carbocycles. The molecule has 27 heavy (non-hydrogen) atoms. The second kappa shape index (κ2) is 9.73. The van der Waals surface area contributed by atoms with Crippen LogP contribution in [-0.4, -0.2) is 45.9 Å². The van der Waals surface area contributed by atoms with Crippen LogP contribution in [0, 0.1) is 0 Å². The number of rotatable bonds is 10. The number of nitrogens with two attached hydrogens (primary N) is 1. The first-order valence-corrected chi connectivity index (χ1v) is 10.0. The number of anilines is 1. The number of fused-ring (bicyclic) bond motifs is 1. The number of aromatic nitrogens is 4. The molecule has 0 radical (unpaired) electrons. The molecular formula is C19H31N5O3. The number of nitrogen functional groups attached to an aromatic ring is 1. The fraction of sp³-hybridized carbons (Fsp3) is 0.737. The zero-order valence-corrected chi connectivity index (χ0v) is 16.4. The molecule has 1 atom stereocenters. The Morgan fingerprint density at radius 1 is 1.19 bits per heavy atom. The average molecular weight is 377 g/mol. The lowest BCUT2D eigenvalue weighted by atomic mass is 10.0. The Balaban J connectivity index is 1.68. The largest absolute Gasteiger partial charge is 0.468 e. The summed E-state index contributed by atoms with van der Waals surface area (Å²) in [5.41, 5.74) is 7.30. The van der Waals surface area contributed by atoms with E-state index in [0.717, 1.165) is 45.3 Å². The van der Waals surface area contributed by atoms with Gasteiger partial charge in [0, 0.05) is 13.2 Å². The molecular weight excluding hydrogens is 346 g/mol. The third kappa shape index (κ3) is 5.00. The molecule has 1 aliphatic heterocycles. The Morgan fingerprint density at radius 2 is 2.07 bits per heavy atom. The minimum Gasteiger partial charge on any atom is -0.468 e. The van der Waals surface area contributed by atoms with Crippen LogP contribution in [0.15, 0.2) is 0 Å². The minimum atomic E-state index is 0.299. The predicted molar refractivity (Wildman–Crippen MR) is 104 cm³/mol. The fourth-order valence-corrected chi connectivity index (χ4v) is 3.39. The zero-order chi connectivity index (χ0) is 19.1. The van der Waals surface area contributed by atoms with Crippen molar-refractivity contribution in [3.05, 3.63) is 0 Å². The van der Waals surface area contributed by atoms with Crippen molar-refractivity contribution in [2.75, 3.05) is 26.1 Å². The topological polar surface area (TPSA) is 97.3 Å². The van der Waals surface area contributed by atoms with E-state index in [1.165, 1.54) is 19.3 Å². The summed E-state index contributed by atoms with van der Waals surface area (Å²) in [4.78, 5) is 13.2. The molecule has 8 heteroatoms. The van der Waals surface area contributed by atoms with E-state index in [2.05, 4.69) is 21.9 Å². The van der Waals surface area contributed by atoms with E-state index in [1.54, 1.807) is 7.11 Å². The molecule has 3 rings (SSSR count). The maximum Gasteiger partial charge on any atom is 0.320 e. The molecule has 0 aliphatic carbocycles. The first-order chi connectivity index (χ1) is 13.2. The third-order valence-corrected chi connectivity index (χ3v) is 4.91. The Bertz CT molecular complexity index is 728. The van der Waals surface area contributed by atoms with Crippen LogP contribution in [0.5, 0.6) is 12.0 Å². The van der Waals surface area contributed by atoms with Crippen LogP contribution >= 0.6 is 0 Å². The van der Waals surface area contributed by atoms with Crippen LogP contribution in [0.1, 0.15) is 58.3 Å². The smallest absolute Gasteiger partial charge is 0.320 e. The number of imidazole rings is 1. The molecule has 1 saturated heterocycles. The van der Waals surface area contributed by atoms with Gasteiger partial charge in [-0.15, -0.1) is 0 Å². The van der Waals surface area contributed by atoms with Crippen LogP contribution in [0.3, 0.4) is 0 Å². The van der Waals surface area contributed by atoms with E-state index in [4.69, 9.17) is 19.9 Å². The van der Waals surface area contributed by atoms with Gasteiger partial charge in [0.15, 0.2) is 17.0 Å². The van der Waals surface area contributed by atoms with Crippen LogP contribution in [0.4, 0.5) is 5.82 Å². The second-order valence-electron chi connectivity index (χ2n) is 7.00. The van der Waals surface area contributed by atoms with Crippen LogP contribution in [0.25, 0.3) is 11.2 Å². The van der Waals surface area contributed by atoms with Crippen molar-refractivity contribution >= 4 is 17.0 Å². The van der Waals surface area contributed by atoms with Gasteiger partial charge in [-0.2, -0.15) is 15.0 Å². The van der Waals surface area contributed by atoms with Crippen molar-refractivity contribution in [1.82, 2.24) is 19.5 Å². The van der Waals surface area contributed by atoms with Crippen molar-refractivity contribution in [2.45, 2.75) is 70.9 Å². The Labute approximate surface area is 160 Å². The van der Waals surface area contributed by atoms with Crippen molar-refractivity contribution in [1.29, 1.82) is 0 Å². The highest BCUT2D eigenvalue weighted by Gasteiger charge is 2.18. The number of nitrogens with zero attached hydrogens (tertiary/aromatic N) is 4. The second-order valence-corrected chi connectivity index (χ2v) is 7.00. The first kappa shape index (κ1) is 19.7. The quantitative estimate of drug-likeness (QED) is 0.634. The minimum absolute atomic E-state index is 0.299. The molecule has 8 nitrogen and oxygen atoms in total. The molecule has 0 bridgehead atoms. The summed E-state index contributed by atoms with van der Waals surface area (Å²) in [7, 11) is 1.61. The number of aryl methyl sites for hydroxylation is 1. The van der Waals surface area contributed by atoms with E-state index in [9.17, 15) is 0 Å². The Morgan fingerprint density at radius 3 is 2.81 bits per heavy atom. The molecule has 2 aromatic heterocycles. The molecule has 2 N–H and O–H groups in total. The summed E-state index contributed by atoms with van der Waals surface area (Å²) in [5, 5.41) is 0. The normalized spacial score (nSPS) is 17.3. The van der Waals surface area contributed by atoms with Gasteiger partial charge in [0.1, 0.15) is 0 Å². The number of hydrogen-bond donors (Lipinski definition) is 1. The molecule has 1 fully saturated rings. The zero-order valence-electron chi connectivity index (χ0n) is 16.4. The predicted octanol–water partition coefficient (Wildman–Crippen LogP) is 3.34. The van der Waals surface area contributed by atoms with Crippen LogP contribution < -0.4 is 15.2 Å². The number of methoxy groups -OCH3 is 1. The van der Waals surface area contributed by atoms with E-state index in [1.807, 2.05) is 4.57 Å². The summed E-state index contributed by atoms with van der Waals surface area (Å²) < 4.78 is 18.8. The SMILES string of the molecule is CCCCOc1nc(N)c2nc(OC)n(CCCCC3CCCCO3)c2n1. The molecule has 0 saturated carbocycles. The lowest BCUT2D eigenvalue weighted by molar-refractivity contribution is 0.00970. The van der Waals surface area contributed by atoms with Crippen molar-refractivity contribution in [3.8, 4) is 12.0 Å². The third-order valence-electron chi connectivity index (χ3n) is 4.91. The van der Waals surface area contributed by atoms with Gasteiger partial charge in [0.25, 0.3) is 6.01 Å². The van der Waals surface area contributed by atoms with Gasteiger partial charge >= 0.3 is 6.01 Å². The van der Waals surface area contributed by atoms with Crippen molar-refractivity contribution in [3.63, 3.8) is 0 Å². The van der Waals surface area contributed by atoms with E-state index >= 15 is 0 Å². The molecule has 150 valence electrons. The molecule has 1 unspecified atom stereocenters. The standard InChI is InChI=1S/C19H31N5O3/c1-3-4-12-27-18-22-16(20)15-17(23-18)24(19(21-15)25-2)11-7-5-9-14-10-6-8-13-26-14/h14H,3-13H2,1-2H3,(H2,20,22,23). The van der Waals surface area contributed by atoms with Gasteiger partial charge in [-0.25, -0.2) is 0 Å². The molecule has 1 aliphatic rings. The highest BCUT2D eigenvalue weighted by atomic mass is 16.5. The van der Waals surface area contributed by atoms with Crippen LogP contribution in [-0.2, 0) is 11.3 Å². The van der Waals surface area contributed by atoms with E-state index < -0.39 is 0 Å². The van der Waals surface area contributed by atoms with E-state index in [-0.39, 0.29) is 0 Å². The maximum atomic E-state index is 6.07. The van der Waals surface area contributed by atoms with Gasteiger partial charge in [0.2, 0.25) is 0 Å². The lowest BCUT2D eigenvalue weighted by Gasteiger charge is -2.22. The van der Waals surface area contributed by atoms with Crippen LogP contribution in [0.2, 0.25) is 0 Å². The highest BCUT2D eigenvalue weighted by molar-refractivity contribution is 5.83. The Kier molecular flexibility index (Phi) is 7.09. The van der Waals surface area contributed by atoms with Gasteiger partial charge in [-0.1, -0.05) is 13.3 Å². The number of unbranched alkanes of at least 4 members (excludes halogenated alkanes) is 2. The van der Waals surface area contributed by atoms with E-state index in [0.29, 0.717) is 41.7 Å². The monoisotopic (exact) mass is 377 g/mol. The average Bonchev–Trinajstić information content (AvgIpc) is 3.04. The number of ether oxygens (including phenoxy) is 3. The highest BCUT2D eigenvalue weighted by Crippen LogP contribution is 2.26. The number of hydrogen-bond acceptors (Lipinski definition) is 7. The Hall–Kier alpha value is -2.09. The van der Waals surface area contributed by atoms with Gasteiger partial charge in [-0.05, 0) is 44.9 Å². The summed E-state index contributed by atoms with van der Waals surface area (Å²) in [6.45, 7) is 4.35. The maximum absolute atomic E-state index is 6.07.